The van der Waals surface area contributed by atoms with E-state index < -0.39 is 5.41 Å². The van der Waals surface area contributed by atoms with Gasteiger partial charge in [0.2, 0.25) is 5.91 Å². The van der Waals surface area contributed by atoms with Crippen molar-refractivity contribution in [1.82, 2.24) is 5.32 Å². The first-order chi connectivity index (χ1) is 8.56. The lowest BCUT2D eigenvalue weighted by atomic mass is 9.81. The molecule has 1 amide bonds. The third-order valence-corrected chi connectivity index (χ3v) is 3.74. The molecule has 0 atom stereocenters. The molecule has 1 aromatic heterocycles. The molecule has 0 saturated heterocycles. The summed E-state index contributed by atoms with van der Waals surface area (Å²) >= 11 is 5.03. The van der Waals surface area contributed by atoms with Crippen molar-refractivity contribution < 1.29 is 9.21 Å². The molecular formula is C13H20N2O2S. The number of rotatable bonds is 7. The number of nitrogens with one attached hydrogen (secondary N) is 1. The third kappa shape index (κ3) is 3.10. The van der Waals surface area contributed by atoms with Gasteiger partial charge in [0.15, 0.2) is 0 Å². The van der Waals surface area contributed by atoms with Crippen LogP contribution in [0.5, 0.6) is 0 Å². The first kappa shape index (κ1) is 14.7. The molecule has 1 aromatic rings. The Kier molecular flexibility index (Phi) is 5.34. The van der Waals surface area contributed by atoms with Gasteiger partial charge in [-0.3, -0.25) is 4.79 Å². The van der Waals surface area contributed by atoms with Gasteiger partial charge in [-0.05, 0) is 25.0 Å². The molecule has 4 nitrogen and oxygen atoms in total. The second-order valence-corrected chi connectivity index (χ2v) is 4.68. The van der Waals surface area contributed by atoms with Gasteiger partial charge in [-0.2, -0.15) is 0 Å². The van der Waals surface area contributed by atoms with Gasteiger partial charge >= 0.3 is 0 Å². The molecule has 100 valence electrons. The van der Waals surface area contributed by atoms with E-state index in [1.807, 2.05) is 26.0 Å². The number of nitrogens with two attached hydrogens (primary N) is 1. The summed E-state index contributed by atoms with van der Waals surface area (Å²) in [5.74, 6) is 0.760. The number of furan rings is 1. The average molecular weight is 268 g/mol. The van der Waals surface area contributed by atoms with Crippen molar-refractivity contribution in [2.45, 2.75) is 33.1 Å². The van der Waals surface area contributed by atoms with Gasteiger partial charge < -0.3 is 15.5 Å². The smallest absolute Gasteiger partial charge is 0.233 e. The van der Waals surface area contributed by atoms with Crippen LogP contribution in [0.15, 0.2) is 22.8 Å². The van der Waals surface area contributed by atoms with E-state index in [4.69, 9.17) is 22.4 Å². The monoisotopic (exact) mass is 268 g/mol. The van der Waals surface area contributed by atoms with E-state index in [-0.39, 0.29) is 10.9 Å². The van der Waals surface area contributed by atoms with E-state index in [1.165, 1.54) is 0 Å². The van der Waals surface area contributed by atoms with E-state index in [0.717, 1.165) is 5.76 Å². The number of carbonyl (C=O) groups is 1. The van der Waals surface area contributed by atoms with Crippen LogP contribution in [0.4, 0.5) is 0 Å². The van der Waals surface area contributed by atoms with Gasteiger partial charge in [0, 0.05) is 13.0 Å². The Hall–Kier alpha value is -1.36. The Morgan fingerprint density at radius 2 is 2.17 bits per heavy atom. The van der Waals surface area contributed by atoms with E-state index in [0.29, 0.717) is 25.8 Å². The molecule has 1 heterocycles. The fourth-order valence-electron chi connectivity index (χ4n) is 1.95. The number of amides is 1. The minimum atomic E-state index is -0.724. The highest BCUT2D eigenvalue weighted by molar-refractivity contribution is 7.80. The highest BCUT2D eigenvalue weighted by Crippen LogP contribution is 2.27. The van der Waals surface area contributed by atoms with Gasteiger partial charge in [-0.1, -0.05) is 26.1 Å². The van der Waals surface area contributed by atoms with Crippen LogP contribution >= 0.6 is 12.2 Å². The molecule has 3 N–H and O–H groups in total. The van der Waals surface area contributed by atoms with Crippen molar-refractivity contribution in [3.8, 4) is 0 Å². The first-order valence-electron chi connectivity index (χ1n) is 6.17. The summed E-state index contributed by atoms with van der Waals surface area (Å²) in [4.78, 5) is 12.5. The third-order valence-electron chi connectivity index (χ3n) is 3.35. The van der Waals surface area contributed by atoms with Crippen molar-refractivity contribution >= 4 is 23.1 Å². The topological polar surface area (TPSA) is 68.3 Å². The first-order valence-corrected chi connectivity index (χ1v) is 6.58. The fraction of sp³-hybridized carbons (Fsp3) is 0.538. The molecule has 1 rings (SSSR count). The van der Waals surface area contributed by atoms with Gasteiger partial charge in [0.05, 0.1) is 16.7 Å². The summed E-state index contributed by atoms with van der Waals surface area (Å²) < 4.78 is 5.20. The molecular weight excluding hydrogens is 248 g/mol. The summed E-state index contributed by atoms with van der Waals surface area (Å²) in [6.07, 6.45) is 3.52. The number of carbonyl (C=O) groups excluding carboxylic acids is 1. The summed E-state index contributed by atoms with van der Waals surface area (Å²) in [7, 11) is 0. The van der Waals surface area contributed by atoms with Crippen LogP contribution in [-0.2, 0) is 11.2 Å². The summed E-state index contributed by atoms with van der Waals surface area (Å²) in [5, 5.41) is 2.88. The molecule has 0 unspecified atom stereocenters. The lowest BCUT2D eigenvalue weighted by Crippen LogP contribution is -2.48. The standard InChI is InChI=1S/C13H20N2O2S/c1-3-13(4-2,11(14)18)12(16)15-8-7-10-6-5-9-17-10/h5-6,9H,3-4,7-8H2,1-2H3,(H2,14,18)(H,15,16). The molecule has 0 saturated carbocycles. The van der Waals surface area contributed by atoms with Crippen LogP contribution in [0, 0.1) is 5.41 Å². The Morgan fingerprint density at radius 1 is 1.50 bits per heavy atom. The lowest BCUT2D eigenvalue weighted by Gasteiger charge is -2.28. The zero-order valence-corrected chi connectivity index (χ0v) is 11.7. The van der Waals surface area contributed by atoms with Gasteiger partial charge in [0.1, 0.15) is 5.76 Å². The fourth-order valence-corrected chi connectivity index (χ4v) is 2.34. The molecule has 0 aliphatic heterocycles. The zero-order valence-electron chi connectivity index (χ0n) is 10.9. The number of hydrogen-bond acceptors (Lipinski definition) is 3. The highest BCUT2D eigenvalue weighted by atomic mass is 32.1. The largest absolute Gasteiger partial charge is 0.469 e. The number of hydrogen-bond donors (Lipinski definition) is 2. The lowest BCUT2D eigenvalue weighted by molar-refractivity contribution is -0.127. The second-order valence-electron chi connectivity index (χ2n) is 4.24. The molecule has 18 heavy (non-hydrogen) atoms. The van der Waals surface area contributed by atoms with Crippen molar-refractivity contribution in [3.63, 3.8) is 0 Å². The number of thiocarbonyl (C=S) groups is 1. The van der Waals surface area contributed by atoms with Crippen molar-refractivity contribution in [2.24, 2.45) is 11.1 Å². The summed E-state index contributed by atoms with van der Waals surface area (Å²) in [6, 6.07) is 3.71. The average Bonchev–Trinajstić information content (AvgIpc) is 2.84. The van der Waals surface area contributed by atoms with Gasteiger partial charge in [-0.15, -0.1) is 0 Å². The van der Waals surface area contributed by atoms with Crippen LogP contribution in [0.2, 0.25) is 0 Å². The van der Waals surface area contributed by atoms with Crippen molar-refractivity contribution in [3.05, 3.63) is 24.2 Å². The molecule has 0 aliphatic rings. The van der Waals surface area contributed by atoms with Crippen LogP contribution in [0.1, 0.15) is 32.4 Å². The van der Waals surface area contributed by atoms with Crippen molar-refractivity contribution in [2.75, 3.05) is 6.54 Å². The Balaban J connectivity index is 2.55. The summed E-state index contributed by atoms with van der Waals surface area (Å²) in [6.45, 7) is 4.38. The minimum Gasteiger partial charge on any atom is -0.469 e. The molecule has 0 aromatic carbocycles. The Labute approximate surface area is 113 Å². The zero-order chi connectivity index (χ0) is 13.6. The van der Waals surface area contributed by atoms with E-state index in [1.54, 1.807) is 6.26 Å². The minimum absolute atomic E-state index is 0.0912. The van der Waals surface area contributed by atoms with Gasteiger partial charge in [0.25, 0.3) is 0 Å². The molecule has 0 bridgehead atoms. The van der Waals surface area contributed by atoms with Gasteiger partial charge in [-0.25, -0.2) is 0 Å². The maximum Gasteiger partial charge on any atom is 0.233 e. The molecule has 0 spiro atoms. The van der Waals surface area contributed by atoms with Crippen LogP contribution in [0.3, 0.4) is 0 Å². The Bertz CT molecular complexity index is 397. The van der Waals surface area contributed by atoms with E-state index >= 15 is 0 Å². The SMILES string of the molecule is CCC(CC)(C(=O)NCCc1ccco1)C(N)=S. The molecule has 0 radical (unpaired) electrons. The van der Waals surface area contributed by atoms with Crippen LogP contribution in [-0.4, -0.2) is 17.4 Å². The summed E-state index contributed by atoms with van der Waals surface area (Å²) in [5.41, 5.74) is 4.99. The Morgan fingerprint density at radius 3 is 2.61 bits per heavy atom. The quantitative estimate of drug-likeness (QED) is 0.742. The molecule has 0 aliphatic carbocycles. The van der Waals surface area contributed by atoms with Crippen molar-refractivity contribution in [1.29, 1.82) is 0 Å². The van der Waals surface area contributed by atoms with E-state index in [9.17, 15) is 4.79 Å². The maximum absolute atomic E-state index is 12.2. The molecule has 0 fully saturated rings. The van der Waals surface area contributed by atoms with E-state index in [2.05, 4.69) is 5.32 Å². The second kappa shape index (κ2) is 6.54. The maximum atomic E-state index is 12.2. The predicted molar refractivity (Wildman–Crippen MR) is 75.2 cm³/mol. The normalized spacial score (nSPS) is 11.2. The highest BCUT2D eigenvalue weighted by Gasteiger charge is 2.37. The van der Waals surface area contributed by atoms with Crippen LogP contribution < -0.4 is 11.1 Å². The predicted octanol–water partition coefficient (Wildman–Crippen LogP) is 2.03. The molecule has 5 heteroatoms. The van der Waals surface area contributed by atoms with Crippen LogP contribution in [0.25, 0.3) is 0 Å².